The van der Waals surface area contributed by atoms with Crippen molar-refractivity contribution in [2.24, 2.45) is 0 Å². The number of fused-ring (bicyclic) bond motifs is 1. The molecule has 1 aromatic carbocycles. The molecule has 3 aromatic rings. The molecule has 7 nitrogen and oxygen atoms in total. The van der Waals surface area contributed by atoms with Gasteiger partial charge in [0.05, 0.1) is 22.4 Å². The highest BCUT2D eigenvalue weighted by Crippen LogP contribution is 2.25. The molecule has 0 fully saturated rings. The molecule has 0 bridgehead atoms. The fraction of sp³-hybridized carbons (Fsp3) is 0.176. The molecule has 2 amide bonds. The predicted molar refractivity (Wildman–Crippen MR) is 103 cm³/mol. The molecule has 26 heavy (non-hydrogen) atoms. The number of nitrogens with one attached hydrogen (secondary N) is 2. The Labute approximate surface area is 157 Å². The molecule has 0 aliphatic rings. The topological polar surface area (TPSA) is 93.1 Å². The van der Waals surface area contributed by atoms with Crippen LogP contribution in [-0.4, -0.2) is 21.4 Å². The van der Waals surface area contributed by atoms with Crippen molar-refractivity contribution in [1.82, 2.24) is 9.55 Å². The highest BCUT2D eigenvalue weighted by Gasteiger charge is 2.09. The van der Waals surface area contributed by atoms with Crippen molar-refractivity contribution in [3.63, 3.8) is 0 Å². The molecular formula is C17H15ClN4O3S. The van der Waals surface area contributed by atoms with Crippen molar-refractivity contribution in [2.45, 2.75) is 19.9 Å². The van der Waals surface area contributed by atoms with Gasteiger partial charge in [-0.15, -0.1) is 11.3 Å². The predicted octanol–water partition coefficient (Wildman–Crippen LogP) is 3.10. The maximum atomic E-state index is 12.3. The normalized spacial score (nSPS) is 10.7. The number of hydrogen-bond acceptors (Lipinski definition) is 5. The van der Waals surface area contributed by atoms with Gasteiger partial charge in [0.25, 0.3) is 5.56 Å². The SMILES string of the molecule is CC(=O)Nc1ccc(NC(=O)CCn2cnc3sccc3c2=O)cc1Cl. The highest BCUT2D eigenvalue weighted by molar-refractivity contribution is 7.16. The van der Waals surface area contributed by atoms with Crippen LogP contribution in [0.2, 0.25) is 5.02 Å². The third-order valence-electron chi connectivity index (χ3n) is 3.59. The molecule has 0 saturated heterocycles. The van der Waals surface area contributed by atoms with Crippen molar-refractivity contribution in [3.05, 3.63) is 51.3 Å². The summed E-state index contributed by atoms with van der Waals surface area (Å²) < 4.78 is 1.42. The van der Waals surface area contributed by atoms with E-state index in [9.17, 15) is 14.4 Å². The van der Waals surface area contributed by atoms with E-state index >= 15 is 0 Å². The second-order valence-electron chi connectivity index (χ2n) is 5.56. The standard InChI is InChI=1S/C17H15ClN4O3S/c1-10(23)20-14-3-2-11(8-13(14)18)21-15(24)4-6-22-9-19-16-12(17(22)25)5-7-26-16/h2-3,5,7-9H,4,6H2,1H3,(H,20,23)(H,21,24). The summed E-state index contributed by atoms with van der Waals surface area (Å²) in [6.45, 7) is 1.61. The first kappa shape index (κ1) is 18.1. The highest BCUT2D eigenvalue weighted by atomic mass is 35.5. The Kier molecular flexibility index (Phi) is 5.34. The maximum Gasteiger partial charge on any atom is 0.262 e. The monoisotopic (exact) mass is 390 g/mol. The molecule has 0 unspecified atom stereocenters. The smallest absolute Gasteiger partial charge is 0.262 e. The number of carbonyl (C=O) groups excluding carboxylic acids is 2. The van der Waals surface area contributed by atoms with E-state index in [1.54, 1.807) is 24.3 Å². The van der Waals surface area contributed by atoms with E-state index < -0.39 is 0 Å². The van der Waals surface area contributed by atoms with Crippen LogP contribution in [0, 0.1) is 0 Å². The van der Waals surface area contributed by atoms with Crippen molar-refractivity contribution < 1.29 is 9.59 Å². The Morgan fingerprint density at radius 3 is 2.81 bits per heavy atom. The number of thiophene rings is 1. The van der Waals surface area contributed by atoms with E-state index in [0.29, 0.717) is 26.6 Å². The lowest BCUT2D eigenvalue weighted by molar-refractivity contribution is -0.116. The van der Waals surface area contributed by atoms with Gasteiger partial charge >= 0.3 is 0 Å². The number of aromatic nitrogens is 2. The second-order valence-corrected chi connectivity index (χ2v) is 6.86. The van der Waals surface area contributed by atoms with Crippen molar-refractivity contribution in [3.8, 4) is 0 Å². The van der Waals surface area contributed by atoms with Crippen LogP contribution in [0.3, 0.4) is 0 Å². The van der Waals surface area contributed by atoms with Crippen molar-refractivity contribution in [1.29, 1.82) is 0 Å². The summed E-state index contributed by atoms with van der Waals surface area (Å²) in [6.07, 6.45) is 1.57. The Morgan fingerprint density at radius 2 is 2.08 bits per heavy atom. The molecule has 2 aromatic heterocycles. The van der Waals surface area contributed by atoms with Gasteiger partial charge in [0, 0.05) is 25.6 Å². The summed E-state index contributed by atoms with van der Waals surface area (Å²) in [6, 6.07) is 6.53. The minimum atomic E-state index is -0.259. The summed E-state index contributed by atoms with van der Waals surface area (Å²) in [7, 11) is 0. The van der Waals surface area contributed by atoms with Crippen LogP contribution in [0.4, 0.5) is 11.4 Å². The summed E-state index contributed by atoms with van der Waals surface area (Å²) in [5.74, 6) is -0.490. The minimum Gasteiger partial charge on any atom is -0.326 e. The number of carbonyl (C=O) groups is 2. The van der Waals surface area contributed by atoms with E-state index in [-0.39, 0.29) is 30.3 Å². The van der Waals surface area contributed by atoms with Gasteiger partial charge in [-0.2, -0.15) is 0 Å². The van der Waals surface area contributed by atoms with Gasteiger partial charge in [-0.05, 0) is 29.6 Å². The van der Waals surface area contributed by atoms with Gasteiger partial charge in [0.1, 0.15) is 4.83 Å². The lowest BCUT2D eigenvalue weighted by Crippen LogP contribution is -2.23. The third kappa shape index (κ3) is 4.09. The summed E-state index contributed by atoms with van der Waals surface area (Å²) in [4.78, 5) is 40.4. The van der Waals surface area contributed by atoms with E-state index in [4.69, 9.17) is 11.6 Å². The van der Waals surface area contributed by atoms with Crippen LogP contribution in [0.5, 0.6) is 0 Å². The van der Waals surface area contributed by atoms with Gasteiger partial charge in [-0.1, -0.05) is 11.6 Å². The average molecular weight is 391 g/mol. The van der Waals surface area contributed by atoms with E-state index in [1.807, 2.05) is 5.38 Å². The van der Waals surface area contributed by atoms with Gasteiger partial charge in [0.2, 0.25) is 11.8 Å². The molecule has 0 atom stereocenters. The number of hydrogen-bond donors (Lipinski definition) is 2. The number of benzene rings is 1. The van der Waals surface area contributed by atoms with Crippen molar-refractivity contribution >= 4 is 56.3 Å². The molecule has 3 rings (SSSR count). The van der Waals surface area contributed by atoms with Crippen LogP contribution >= 0.6 is 22.9 Å². The van der Waals surface area contributed by atoms with Gasteiger partial charge in [-0.3, -0.25) is 19.0 Å². The van der Waals surface area contributed by atoms with Crippen LogP contribution in [0.15, 0.2) is 40.8 Å². The maximum absolute atomic E-state index is 12.3. The lowest BCUT2D eigenvalue weighted by Gasteiger charge is -2.09. The zero-order chi connectivity index (χ0) is 18.7. The Hall–Kier alpha value is -2.71. The Morgan fingerprint density at radius 1 is 1.27 bits per heavy atom. The molecule has 0 saturated carbocycles. The number of nitrogens with zero attached hydrogens (tertiary/aromatic N) is 2. The van der Waals surface area contributed by atoms with Crippen LogP contribution < -0.4 is 16.2 Å². The summed E-state index contributed by atoms with van der Waals surface area (Å²) in [5.41, 5.74) is 0.818. The fourth-order valence-corrected chi connectivity index (χ4v) is 3.33. The molecule has 2 N–H and O–H groups in total. The molecule has 2 heterocycles. The van der Waals surface area contributed by atoms with Crippen LogP contribution in [0.1, 0.15) is 13.3 Å². The van der Waals surface area contributed by atoms with Crippen molar-refractivity contribution in [2.75, 3.05) is 10.6 Å². The molecular weight excluding hydrogens is 376 g/mol. The molecule has 0 radical (unpaired) electrons. The number of aryl methyl sites for hydroxylation is 1. The Bertz CT molecular complexity index is 1040. The molecule has 0 spiro atoms. The molecule has 9 heteroatoms. The first-order valence-electron chi connectivity index (χ1n) is 7.73. The van der Waals surface area contributed by atoms with E-state index in [0.717, 1.165) is 0 Å². The summed E-state index contributed by atoms with van der Waals surface area (Å²) >= 11 is 7.48. The molecule has 0 aliphatic carbocycles. The minimum absolute atomic E-state index is 0.113. The zero-order valence-electron chi connectivity index (χ0n) is 13.8. The average Bonchev–Trinajstić information content (AvgIpc) is 3.06. The largest absolute Gasteiger partial charge is 0.326 e. The first-order chi connectivity index (χ1) is 12.4. The van der Waals surface area contributed by atoms with E-state index in [2.05, 4.69) is 15.6 Å². The van der Waals surface area contributed by atoms with Gasteiger partial charge < -0.3 is 10.6 Å². The molecule has 0 aliphatic heterocycles. The van der Waals surface area contributed by atoms with Gasteiger partial charge in [0.15, 0.2) is 0 Å². The zero-order valence-corrected chi connectivity index (χ0v) is 15.4. The quantitative estimate of drug-likeness (QED) is 0.700. The number of amides is 2. The van der Waals surface area contributed by atoms with E-state index in [1.165, 1.54) is 29.2 Å². The number of rotatable bonds is 5. The lowest BCUT2D eigenvalue weighted by atomic mass is 10.2. The van der Waals surface area contributed by atoms with Gasteiger partial charge in [-0.25, -0.2) is 4.98 Å². The third-order valence-corrected chi connectivity index (χ3v) is 4.73. The Balaban J connectivity index is 1.63. The van der Waals surface area contributed by atoms with Crippen LogP contribution in [-0.2, 0) is 16.1 Å². The number of halogens is 1. The number of anilines is 2. The first-order valence-corrected chi connectivity index (χ1v) is 8.99. The molecule has 134 valence electrons. The summed E-state index contributed by atoms with van der Waals surface area (Å²) in [5, 5.41) is 7.99. The second kappa shape index (κ2) is 7.67. The fourth-order valence-electron chi connectivity index (χ4n) is 2.38. The van der Waals surface area contributed by atoms with Crippen LogP contribution in [0.25, 0.3) is 10.2 Å².